The largest absolute Gasteiger partial charge is 0.371 e. The number of H-pyrrole nitrogens is 1. The van der Waals surface area contributed by atoms with Crippen molar-refractivity contribution in [3.05, 3.63) is 59.9 Å². The maximum Gasteiger partial charge on any atom is 0.149 e. The molecule has 124 valence electrons. The predicted octanol–water partition coefficient (Wildman–Crippen LogP) is 4.62. The van der Waals surface area contributed by atoms with Crippen molar-refractivity contribution in [3.63, 3.8) is 0 Å². The van der Waals surface area contributed by atoms with Crippen LogP contribution in [-0.4, -0.2) is 23.1 Å². The Kier molecular flexibility index (Phi) is 4.22. The number of rotatable bonds is 3. The Morgan fingerprint density at radius 1 is 1.04 bits per heavy atom. The zero-order chi connectivity index (χ0) is 17.1. The van der Waals surface area contributed by atoms with Crippen LogP contribution >= 0.6 is 0 Å². The number of aromatic amines is 1. The number of para-hydroxylation sites is 3. The number of aromatic nitrogens is 2. The van der Waals surface area contributed by atoms with Crippen molar-refractivity contribution in [1.82, 2.24) is 9.97 Å². The summed E-state index contributed by atoms with van der Waals surface area (Å²) >= 11 is 0. The lowest BCUT2D eigenvalue weighted by atomic mass is 10.0. The minimum Gasteiger partial charge on any atom is -0.371 e. The van der Waals surface area contributed by atoms with E-state index in [1.54, 1.807) is 0 Å². The van der Waals surface area contributed by atoms with Crippen LogP contribution in [0.15, 0.2) is 48.5 Å². The highest BCUT2D eigenvalue weighted by atomic mass is 15.1. The molecule has 2 aromatic carbocycles. The molecule has 3 aromatic rings. The van der Waals surface area contributed by atoms with Gasteiger partial charge in [-0.15, -0.1) is 0 Å². The second kappa shape index (κ2) is 6.82. The molecule has 1 N–H and O–H groups in total. The van der Waals surface area contributed by atoms with E-state index in [9.17, 15) is 5.26 Å². The molecule has 4 nitrogen and oxygen atoms in total. The molecule has 0 bridgehead atoms. The Hall–Kier alpha value is -3.06. The molecule has 0 saturated carbocycles. The first-order valence-electron chi connectivity index (χ1n) is 8.76. The molecule has 1 aromatic heterocycles. The van der Waals surface area contributed by atoms with Crippen LogP contribution in [0, 0.1) is 11.3 Å². The van der Waals surface area contributed by atoms with Crippen LogP contribution in [0.3, 0.4) is 0 Å². The van der Waals surface area contributed by atoms with Gasteiger partial charge in [0.15, 0.2) is 0 Å². The van der Waals surface area contributed by atoms with Gasteiger partial charge < -0.3 is 9.88 Å². The van der Waals surface area contributed by atoms with Gasteiger partial charge in [0.25, 0.3) is 0 Å². The number of anilines is 1. The van der Waals surface area contributed by atoms with E-state index in [0.29, 0.717) is 11.4 Å². The van der Waals surface area contributed by atoms with E-state index < -0.39 is 0 Å². The highest BCUT2D eigenvalue weighted by Crippen LogP contribution is 2.28. The van der Waals surface area contributed by atoms with Gasteiger partial charge in [0.05, 0.1) is 16.6 Å². The normalized spacial score (nSPS) is 15.3. The number of hydrogen-bond acceptors (Lipinski definition) is 3. The lowest BCUT2D eigenvalue weighted by molar-refractivity contribution is 0.577. The standard InChI is InChI=1S/C21H20N4/c22-15-17(21-23-18-9-3-4-10-19(18)24-21)14-16-8-2-5-11-20(16)25-12-6-1-7-13-25/h2-5,8-11,14H,1,6-7,12-13H2,(H,23,24)/b17-14+. The molecule has 0 unspecified atom stereocenters. The molecule has 0 aliphatic carbocycles. The van der Waals surface area contributed by atoms with Crippen LogP contribution in [0.1, 0.15) is 30.7 Å². The van der Waals surface area contributed by atoms with Gasteiger partial charge in [-0.3, -0.25) is 0 Å². The second-order valence-corrected chi connectivity index (χ2v) is 6.38. The van der Waals surface area contributed by atoms with Crippen molar-refractivity contribution in [2.45, 2.75) is 19.3 Å². The third kappa shape index (κ3) is 3.14. The van der Waals surface area contributed by atoms with Crippen LogP contribution in [-0.2, 0) is 0 Å². The van der Waals surface area contributed by atoms with Gasteiger partial charge in [-0.25, -0.2) is 4.98 Å². The van der Waals surface area contributed by atoms with Crippen molar-refractivity contribution < 1.29 is 0 Å². The average molecular weight is 328 g/mol. The Balaban J connectivity index is 1.74. The Labute approximate surface area is 147 Å². The van der Waals surface area contributed by atoms with Crippen molar-refractivity contribution in [2.75, 3.05) is 18.0 Å². The monoisotopic (exact) mass is 328 g/mol. The molecule has 25 heavy (non-hydrogen) atoms. The number of benzene rings is 2. The molecule has 4 heteroatoms. The zero-order valence-corrected chi connectivity index (χ0v) is 14.1. The van der Waals surface area contributed by atoms with Gasteiger partial charge in [-0.1, -0.05) is 30.3 Å². The number of nitrogens with zero attached hydrogens (tertiary/aromatic N) is 3. The first kappa shape index (κ1) is 15.5. The SMILES string of the molecule is N#C/C(=C\c1ccccc1N1CCCCC1)c1nc2ccccc2[nH]1. The van der Waals surface area contributed by atoms with Gasteiger partial charge >= 0.3 is 0 Å². The Bertz CT molecular complexity index is 922. The van der Waals surface area contributed by atoms with E-state index >= 15 is 0 Å². The van der Waals surface area contributed by atoms with Crippen LogP contribution in [0.25, 0.3) is 22.7 Å². The summed E-state index contributed by atoms with van der Waals surface area (Å²) in [5.74, 6) is 0.622. The van der Waals surface area contributed by atoms with Crippen LogP contribution in [0.4, 0.5) is 5.69 Å². The number of nitriles is 1. The zero-order valence-electron chi connectivity index (χ0n) is 14.1. The van der Waals surface area contributed by atoms with E-state index in [-0.39, 0.29) is 0 Å². The fourth-order valence-electron chi connectivity index (χ4n) is 3.42. The van der Waals surface area contributed by atoms with Crippen molar-refractivity contribution in [1.29, 1.82) is 5.26 Å². The maximum absolute atomic E-state index is 9.68. The van der Waals surface area contributed by atoms with E-state index in [0.717, 1.165) is 29.7 Å². The highest BCUT2D eigenvalue weighted by Gasteiger charge is 2.14. The summed E-state index contributed by atoms with van der Waals surface area (Å²) in [5.41, 5.74) is 4.65. The number of imidazole rings is 1. The highest BCUT2D eigenvalue weighted by molar-refractivity contribution is 5.92. The average Bonchev–Trinajstić information content (AvgIpc) is 3.11. The molecule has 1 aliphatic heterocycles. The fraction of sp³-hybridized carbons (Fsp3) is 0.238. The molecule has 1 fully saturated rings. The molecular formula is C21H20N4. The summed E-state index contributed by atoms with van der Waals surface area (Å²) in [6.07, 6.45) is 5.71. The summed E-state index contributed by atoms with van der Waals surface area (Å²) in [6, 6.07) is 18.5. The molecule has 0 radical (unpaired) electrons. The molecule has 4 rings (SSSR count). The van der Waals surface area contributed by atoms with Gasteiger partial charge in [0.1, 0.15) is 11.9 Å². The molecule has 0 amide bonds. The second-order valence-electron chi connectivity index (χ2n) is 6.38. The van der Waals surface area contributed by atoms with Crippen LogP contribution < -0.4 is 4.90 Å². The maximum atomic E-state index is 9.68. The summed E-state index contributed by atoms with van der Waals surface area (Å²) < 4.78 is 0. The van der Waals surface area contributed by atoms with E-state index in [2.05, 4.69) is 39.1 Å². The van der Waals surface area contributed by atoms with Crippen molar-refractivity contribution >= 4 is 28.4 Å². The Morgan fingerprint density at radius 3 is 2.60 bits per heavy atom. The number of fused-ring (bicyclic) bond motifs is 1. The lowest BCUT2D eigenvalue weighted by Gasteiger charge is -2.30. The summed E-state index contributed by atoms with van der Waals surface area (Å²) in [5, 5.41) is 9.68. The fourth-order valence-corrected chi connectivity index (χ4v) is 3.42. The van der Waals surface area contributed by atoms with E-state index in [1.165, 1.54) is 24.9 Å². The predicted molar refractivity (Wildman–Crippen MR) is 102 cm³/mol. The summed E-state index contributed by atoms with van der Waals surface area (Å²) in [6.45, 7) is 2.16. The number of hydrogen-bond donors (Lipinski definition) is 1. The van der Waals surface area contributed by atoms with E-state index in [4.69, 9.17) is 0 Å². The topological polar surface area (TPSA) is 55.7 Å². The Morgan fingerprint density at radius 2 is 1.80 bits per heavy atom. The molecule has 0 atom stereocenters. The van der Waals surface area contributed by atoms with Crippen LogP contribution in [0.5, 0.6) is 0 Å². The van der Waals surface area contributed by atoms with Gasteiger partial charge in [-0.05, 0) is 49.1 Å². The molecular weight excluding hydrogens is 308 g/mol. The third-order valence-electron chi connectivity index (χ3n) is 4.70. The first-order valence-corrected chi connectivity index (χ1v) is 8.76. The van der Waals surface area contributed by atoms with Crippen LogP contribution in [0.2, 0.25) is 0 Å². The first-order chi connectivity index (χ1) is 12.3. The number of allylic oxidation sites excluding steroid dienone is 1. The lowest BCUT2D eigenvalue weighted by Crippen LogP contribution is -2.29. The van der Waals surface area contributed by atoms with Gasteiger partial charge in [0.2, 0.25) is 0 Å². The van der Waals surface area contributed by atoms with Gasteiger partial charge in [0, 0.05) is 18.8 Å². The molecule has 0 spiro atoms. The minimum absolute atomic E-state index is 0.556. The quantitative estimate of drug-likeness (QED) is 0.714. The summed E-state index contributed by atoms with van der Waals surface area (Å²) in [4.78, 5) is 10.2. The van der Waals surface area contributed by atoms with E-state index in [1.807, 2.05) is 36.4 Å². The minimum atomic E-state index is 0.556. The third-order valence-corrected chi connectivity index (χ3v) is 4.70. The molecule has 2 heterocycles. The molecule has 1 saturated heterocycles. The summed E-state index contributed by atoms with van der Waals surface area (Å²) in [7, 11) is 0. The van der Waals surface area contributed by atoms with Crippen molar-refractivity contribution in [3.8, 4) is 6.07 Å². The smallest absolute Gasteiger partial charge is 0.149 e. The number of nitrogens with one attached hydrogen (secondary N) is 1. The van der Waals surface area contributed by atoms with Gasteiger partial charge in [-0.2, -0.15) is 5.26 Å². The number of piperidine rings is 1. The van der Waals surface area contributed by atoms with Crippen molar-refractivity contribution in [2.24, 2.45) is 0 Å². The molecule has 1 aliphatic rings.